The van der Waals surface area contributed by atoms with Crippen LogP contribution in [0.2, 0.25) is 0 Å². The SMILES string of the molecule is CN(C1CCN(CCC(=O)Nc2ccc(Br)cc2F)CC1)S(C)(=O)=O. The number of piperidine rings is 1. The minimum Gasteiger partial charge on any atom is -0.324 e. The van der Waals surface area contributed by atoms with Crippen molar-refractivity contribution in [2.75, 3.05) is 38.3 Å². The van der Waals surface area contributed by atoms with Gasteiger partial charge in [-0.2, -0.15) is 0 Å². The summed E-state index contributed by atoms with van der Waals surface area (Å²) in [6.45, 7) is 2.05. The number of halogens is 2. The molecule has 2 rings (SSSR count). The number of benzene rings is 1. The topological polar surface area (TPSA) is 69.7 Å². The van der Waals surface area contributed by atoms with Crippen molar-refractivity contribution in [3.8, 4) is 0 Å². The van der Waals surface area contributed by atoms with E-state index in [0.29, 0.717) is 11.0 Å². The fourth-order valence-electron chi connectivity index (χ4n) is 2.84. The number of carbonyl (C=O) groups is 1. The Morgan fingerprint density at radius 2 is 2.04 bits per heavy atom. The molecule has 1 fully saturated rings. The maximum atomic E-state index is 13.7. The summed E-state index contributed by atoms with van der Waals surface area (Å²) < 4.78 is 38.9. The van der Waals surface area contributed by atoms with Crippen molar-refractivity contribution < 1.29 is 17.6 Å². The molecule has 1 amide bonds. The van der Waals surface area contributed by atoms with Crippen LogP contribution in [-0.2, 0) is 14.8 Å². The molecule has 1 aromatic carbocycles. The molecule has 0 bridgehead atoms. The molecule has 0 spiro atoms. The molecule has 1 aliphatic heterocycles. The van der Waals surface area contributed by atoms with E-state index >= 15 is 0 Å². The normalized spacial score (nSPS) is 17.0. The van der Waals surface area contributed by atoms with Crippen molar-refractivity contribution in [2.45, 2.75) is 25.3 Å². The van der Waals surface area contributed by atoms with Crippen molar-refractivity contribution in [3.63, 3.8) is 0 Å². The summed E-state index contributed by atoms with van der Waals surface area (Å²) in [6.07, 6.45) is 2.96. The highest BCUT2D eigenvalue weighted by Gasteiger charge is 2.27. The number of amides is 1. The van der Waals surface area contributed by atoms with Crippen molar-refractivity contribution in [1.82, 2.24) is 9.21 Å². The van der Waals surface area contributed by atoms with Crippen LogP contribution in [0.5, 0.6) is 0 Å². The summed E-state index contributed by atoms with van der Waals surface area (Å²) >= 11 is 3.17. The summed E-state index contributed by atoms with van der Waals surface area (Å²) in [5, 5.41) is 2.57. The van der Waals surface area contributed by atoms with Gasteiger partial charge in [-0.3, -0.25) is 4.79 Å². The molecule has 1 heterocycles. The fourth-order valence-corrected chi connectivity index (χ4v) is 3.93. The van der Waals surface area contributed by atoms with Crippen LogP contribution in [0.15, 0.2) is 22.7 Å². The standard InChI is InChI=1S/C16H23BrFN3O3S/c1-20(25(2,23)24)13-5-8-21(9-6-13)10-7-16(22)19-15-4-3-12(17)11-14(15)18/h3-4,11,13H,5-10H2,1-2H3,(H,19,22). The number of nitrogens with zero attached hydrogens (tertiary/aromatic N) is 2. The van der Waals surface area contributed by atoms with E-state index in [9.17, 15) is 17.6 Å². The first-order valence-electron chi connectivity index (χ1n) is 8.07. The fraction of sp³-hybridized carbons (Fsp3) is 0.562. The predicted octanol–water partition coefficient (Wildman–Crippen LogP) is 2.27. The smallest absolute Gasteiger partial charge is 0.225 e. The lowest BCUT2D eigenvalue weighted by atomic mass is 10.1. The van der Waals surface area contributed by atoms with Crippen molar-refractivity contribution in [1.29, 1.82) is 0 Å². The summed E-state index contributed by atoms with van der Waals surface area (Å²) in [5.41, 5.74) is 0.168. The zero-order chi connectivity index (χ0) is 18.6. The van der Waals surface area contributed by atoms with Crippen LogP contribution < -0.4 is 5.32 Å². The second kappa shape index (κ2) is 8.57. The number of nitrogens with one attached hydrogen (secondary N) is 1. The Morgan fingerprint density at radius 1 is 1.40 bits per heavy atom. The monoisotopic (exact) mass is 435 g/mol. The zero-order valence-corrected chi connectivity index (χ0v) is 16.7. The van der Waals surface area contributed by atoms with Crippen LogP contribution in [0.25, 0.3) is 0 Å². The van der Waals surface area contributed by atoms with Crippen LogP contribution in [0.4, 0.5) is 10.1 Å². The highest BCUT2D eigenvalue weighted by Crippen LogP contribution is 2.20. The highest BCUT2D eigenvalue weighted by molar-refractivity contribution is 9.10. The number of hydrogen-bond donors (Lipinski definition) is 1. The lowest BCUT2D eigenvalue weighted by Crippen LogP contribution is -2.45. The first kappa shape index (κ1) is 20.3. The van der Waals surface area contributed by atoms with Crippen LogP contribution in [0.3, 0.4) is 0 Å². The van der Waals surface area contributed by atoms with Gasteiger partial charge in [0.1, 0.15) is 5.82 Å². The van der Waals surface area contributed by atoms with Gasteiger partial charge >= 0.3 is 0 Å². The summed E-state index contributed by atoms with van der Waals surface area (Å²) in [5.74, 6) is -0.719. The maximum Gasteiger partial charge on any atom is 0.225 e. The van der Waals surface area contributed by atoms with Gasteiger partial charge in [0.15, 0.2) is 0 Å². The second-order valence-electron chi connectivity index (χ2n) is 6.27. The van der Waals surface area contributed by atoms with E-state index in [1.54, 1.807) is 13.1 Å². The third kappa shape index (κ3) is 6.02. The molecule has 1 aromatic rings. The number of likely N-dealkylation sites (tertiary alicyclic amines) is 1. The molecule has 0 aromatic heterocycles. The molecule has 0 radical (unpaired) electrons. The van der Waals surface area contributed by atoms with Crippen LogP contribution in [0, 0.1) is 5.82 Å². The Balaban J connectivity index is 1.76. The largest absolute Gasteiger partial charge is 0.324 e. The molecule has 1 aliphatic rings. The lowest BCUT2D eigenvalue weighted by Gasteiger charge is -2.35. The number of hydrogen-bond acceptors (Lipinski definition) is 4. The number of sulfonamides is 1. The maximum absolute atomic E-state index is 13.7. The molecule has 1 N–H and O–H groups in total. The van der Waals surface area contributed by atoms with E-state index in [1.807, 2.05) is 0 Å². The van der Waals surface area contributed by atoms with Crippen molar-refractivity contribution in [3.05, 3.63) is 28.5 Å². The van der Waals surface area contributed by atoms with Gasteiger partial charge in [-0.15, -0.1) is 0 Å². The average Bonchev–Trinajstić information content (AvgIpc) is 2.54. The third-order valence-corrected chi connectivity index (χ3v) is 6.29. The second-order valence-corrected chi connectivity index (χ2v) is 9.23. The zero-order valence-electron chi connectivity index (χ0n) is 14.3. The Kier molecular flexibility index (Phi) is 6.95. The molecule has 9 heteroatoms. The summed E-state index contributed by atoms with van der Waals surface area (Å²) in [7, 11) is -1.57. The molecule has 25 heavy (non-hydrogen) atoms. The number of anilines is 1. The van der Waals surface area contributed by atoms with E-state index < -0.39 is 15.8 Å². The van der Waals surface area contributed by atoms with Gasteiger partial charge < -0.3 is 10.2 Å². The highest BCUT2D eigenvalue weighted by atomic mass is 79.9. The van der Waals surface area contributed by atoms with Crippen molar-refractivity contribution >= 4 is 37.5 Å². The molecule has 0 saturated carbocycles. The summed E-state index contributed by atoms with van der Waals surface area (Å²) in [4.78, 5) is 14.1. The van der Waals surface area contributed by atoms with Gasteiger partial charge in [-0.25, -0.2) is 17.1 Å². The molecule has 6 nitrogen and oxygen atoms in total. The molecule has 0 aliphatic carbocycles. The Labute approximate surface area is 156 Å². The predicted molar refractivity (Wildman–Crippen MR) is 99.4 cm³/mol. The first-order chi connectivity index (χ1) is 11.7. The van der Waals surface area contributed by atoms with E-state index in [0.717, 1.165) is 25.9 Å². The van der Waals surface area contributed by atoms with Crippen LogP contribution in [0.1, 0.15) is 19.3 Å². The molecular weight excluding hydrogens is 413 g/mol. The van der Waals surface area contributed by atoms with Gasteiger partial charge in [0.05, 0.1) is 11.9 Å². The van der Waals surface area contributed by atoms with Gasteiger partial charge in [-0.1, -0.05) is 15.9 Å². The van der Waals surface area contributed by atoms with Crippen molar-refractivity contribution in [2.24, 2.45) is 0 Å². The number of carbonyl (C=O) groups excluding carboxylic acids is 1. The first-order valence-corrected chi connectivity index (χ1v) is 10.7. The van der Waals surface area contributed by atoms with Crippen LogP contribution >= 0.6 is 15.9 Å². The Bertz CT molecular complexity index is 721. The van der Waals surface area contributed by atoms with Crippen LogP contribution in [-0.4, -0.2) is 62.5 Å². The molecule has 0 atom stereocenters. The van der Waals surface area contributed by atoms with E-state index in [2.05, 4.69) is 26.1 Å². The van der Waals surface area contributed by atoms with E-state index in [-0.39, 0.29) is 24.1 Å². The molecule has 1 saturated heterocycles. The van der Waals surface area contributed by atoms with E-state index in [1.165, 1.54) is 22.7 Å². The lowest BCUT2D eigenvalue weighted by molar-refractivity contribution is -0.116. The molecule has 0 unspecified atom stereocenters. The Morgan fingerprint density at radius 3 is 2.60 bits per heavy atom. The summed E-state index contributed by atoms with van der Waals surface area (Å²) in [6, 6.07) is 4.50. The molecular formula is C16H23BrFN3O3S. The quantitative estimate of drug-likeness (QED) is 0.743. The van der Waals surface area contributed by atoms with Gasteiger partial charge in [0.2, 0.25) is 15.9 Å². The number of rotatable bonds is 6. The van der Waals surface area contributed by atoms with E-state index in [4.69, 9.17) is 0 Å². The molecule has 140 valence electrons. The van der Waals surface area contributed by atoms with Gasteiger partial charge in [0, 0.05) is 30.5 Å². The van der Waals surface area contributed by atoms with Gasteiger partial charge in [0.25, 0.3) is 0 Å². The average molecular weight is 436 g/mol. The van der Waals surface area contributed by atoms with Gasteiger partial charge in [-0.05, 0) is 44.1 Å². The minimum atomic E-state index is -3.18. The minimum absolute atomic E-state index is 0.0111. The third-order valence-electron chi connectivity index (χ3n) is 4.45. The Hall–Kier alpha value is -1.03.